The molecule has 5 aliphatic rings. The van der Waals surface area contributed by atoms with E-state index >= 15 is 0 Å². The molecule has 2 aromatic carbocycles. The van der Waals surface area contributed by atoms with Gasteiger partial charge in [0.1, 0.15) is 18.1 Å². The Hall–Kier alpha value is -2.99. The molecule has 0 spiro atoms. The van der Waals surface area contributed by atoms with Crippen LogP contribution >= 0.6 is 0 Å². The molecule has 0 aromatic heterocycles. The van der Waals surface area contributed by atoms with Crippen molar-refractivity contribution in [3.8, 4) is 0 Å². The molecule has 6 heteroatoms. The van der Waals surface area contributed by atoms with Crippen molar-refractivity contribution >= 4 is 23.1 Å². The van der Waals surface area contributed by atoms with E-state index in [1.807, 2.05) is 24.3 Å². The van der Waals surface area contributed by atoms with Gasteiger partial charge in [-0.25, -0.2) is 4.39 Å². The predicted octanol–water partition coefficient (Wildman–Crippen LogP) is 8.79. The summed E-state index contributed by atoms with van der Waals surface area (Å²) in [4.78, 5) is 42.0. The van der Waals surface area contributed by atoms with Gasteiger partial charge in [-0.1, -0.05) is 50.6 Å². The van der Waals surface area contributed by atoms with Crippen molar-refractivity contribution in [1.82, 2.24) is 0 Å². The van der Waals surface area contributed by atoms with Gasteiger partial charge in [0.15, 0.2) is 11.6 Å². The van der Waals surface area contributed by atoms with Gasteiger partial charge in [-0.05, 0) is 110 Å². The van der Waals surface area contributed by atoms with Gasteiger partial charge in [0.05, 0.1) is 11.7 Å². The SMILES string of the molecule is C[C@]12CCC(=O)C[C@@H]1CC[C@@H]1[C@@H]2CC[C@]2(C)[C@@H](OCCCCCC(=O)c3cc(CC4=NCC(=O)c5ccccc54)ccc3F)CC[C@@H]12. The monoisotopic (exact) mass is 639 g/mol. The van der Waals surface area contributed by atoms with E-state index < -0.39 is 5.82 Å². The molecule has 5 nitrogen and oxygen atoms in total. The zero-order valence-corrected chi connectivity index (χ0v) is 28.2. The van der Waals surface area contributed by atoms with Gasteiger partial charge >= 0.3 is 0 Å². The Morgan fingerprint density at radius 1 is 0.915 bits per heavy atom. The molecule has 1 heterocycles. The average molecular weight is 640 g/mol. The van der Waals surface area contributed by atoms with E-state index in [1.54, 1.807) is 12.1 Å². The number of hydrogen-bond acceptors (Lipinski definition) is 5. The lowest BCUT2D eigenvalue weighted by Gasteiger charge is -2.60. The van der Waals surface area contributed by atoms with Gasteiger partial charge in [-0.2, -0.15) is 0 Å². The molecular weight excluding hydrogens is 589 g/mol. The molecule has 47 heavy (non-hydrogen) atoms. The number of rotatable bonds is 10. The molecule has 7 atom stereocenters. The molecular formula is C41H50FNO4. The van der Waals surface area contributed by atoms with Gasteiger partial charge in [-0.3, -0.25) is 19.4 Å². The van der Waals surface area contributed by atoms with Crippen LogP contribution in [0, 0.1) is 40.3 Å². The molecule has 0 bridgehead atoms. The second-order valence-electron chi connectivity index (χ2n) is 15.8. The van der Waals surface area contributed by atoms with Gasteiger partial charge in [0, 0.05) is 49.1 Å². The van der Waals surface area contributed by atoms with Crippen molar-refractivity contribution in [2.75, 3.05) is 13.2 Å². The Bertz CT molecular complexity index is 1580. The van der Waals surface area contributed by atoms with Crippen molar-refractivity contribution in [3.63, 3.8) is 0 Å². The van der Waals surface area contributed by atoms with E-state index in [0.717, 1.165) is 73.1 Å². The maximum absolute atomic E-state index is 14.8. The van der Waals surface area contributed by atoms with Crippen LogP contribution in [0.5, 0.6) is 0 Å². The van der Waals surface area contributed by atoms with Crippen molar-refractivity contribution in [2.24, 2.45) is 39.5 Å². The number of Topliss-reactive ketones (excluding diaryl/α,β-unsaturated/α-hetero) is 3. The van der Waals surface area contributed by atoms with Crippen molar-refractivity contribution in [1.29, 1.82) is 0 Å². The number of nitrogens with zero attached hydrogens (tertiary/aromatic N) is 1. The normalized spacial score (nSPS) is 33.0. The van der Waals surface area contributed by atoms with Crippen LogP contribution in [-0.4, -0.2) is 42.3 Å². The molecule has 7 rings (SSSR count). The highest BCUT2D eigenvalue weighted by Gasteiger charge is 2.60. The fourth-order valence-electron chi connectivity index (χ4n) is 10.8. The molecule has 0 amide bonds. The van der Waals surface area contributed by atoms with Crippen LogP contribution in [0.2, 0.25) is 0 Å². The van der Waals surface area contributed by atoms with Gasteiger partial charge in [0.25, 0.3) is 0 Å². The summed E-state index contributed by atoms with van der Waals surface area (Å²) < 4.78 is 21.4. The van der Waals surface area contributed by atoms with E-state index in [2.05, 4.69) is 18.8 Å². The lowest BCUT2D eigenvalue weighted by molar-refractivity contribution is -0.145. The largest absolute Gasteiger partial charge is 0.378 e. The Kier molecular flexibility index (Phi) is 9.10. The third-order valence-electron chi connectivity index (χ3n) is 13.4. The van der Waals surface area contributed by atoms with E-state index in [1.165, 1.54) is 38.2 Å². The number of ether oxygens (including phenoxy) is 1. The Balaban J connectivity index is 0.878. The number of aliphatic imine (C=N–C) groups is 1. The number of fused-ring (bicyclic) bond motifs is 6. The summed E-state index contributed by atoms with van der Waals surface area (Å²) in [5, 5.41) is 0. The first-order valence-electron chi connectivity index (χ1n) is 18.3. The topological polar surface area (TPSA) is 72.8 Å². The molecule has 0 unspecified atom stereocenters. The minimum absolute atomic E-state index is 0.00464. The van der Waals surface area contributed by atoms with Gasteiger partial charge < -0.3 is 4.74 Å². The van der Waals surface area contributed by atoms with E-state index in [0.29, 0.717) is 54.7 Å². The van der Waals surface area contributed by atoms with Gasteiger partial charge in [-0.15, -0.1) is 0 Å². The number of carbonyl (C=O) groups is 3. The first-order valence-corrected chi connectivity index (χ1v) is 18.3. The Morgan fingerprint density at radius 3 is 2.57 bits per heavy atom. The van der Waals surface area contributed by atoms with E-state index in [4.69, 9.17) is 4.74 Å². The Labute approximate surface area is 279 Å². The minimum Gasteiger partial charge on any atom is -0.378 e. The number of benzene rings is 2. The highest BCUT2D eigenvalue weighted by molar-refractivity contribution is 6.15. The maximum atomic E-state index is 14.8. The van der Waals surface area contributed by atoms with Gasteiger partial charge in [0.2, 0.25) is 0 Å². The summed E-state index contributed by atoms with van der Waals surface area (Å²) in [5.74, 6) is 2.70. The molecule has 0 radical (unpaired) electrons. The van der Waals surface area contributed by atoms with Crippen LogP contribution in [-0.2, 0) is 16.0 Å². The maximum Gasteiger partial charge on any atom is 0.184 e. The molecule has 250 valence electrons. The van der Waals surface area contributed by atoms with E-state index in [-0.39, 0.29) is 29.1 Å². The quantitative estimate of drug-likeness (QED) is 0.192. The smallest absolute Gasteiger partial charge is 0.184 e. The zero-order valence-electron chi connectivity index (χ0n) is 28.2. The average Bonchev–Trinajstić information content (AvgIpc) is 3.41. The van der Waals surface area contributed by atoms with Crippen LogP contribution < -0.4 is 0 Å². The molecule has 4 saturated carbocycles. The van der Waals surface area contributed by atoms with E-state index in [9.17, 15) is 18.8 Å². The first kappa shape index (κ1) is 32.6. The number of ketones is 3. The predicted molar refractivity (Wildman–Crippen MR) is 182 cm³/mol. The number of hydrogen-bond donors (Lipinski definition) is 0. The highest BCUT2D eigenvalue weighted by atomic mass is 19.1. The zero-order chi connectivity index (χ0) is 32.8. The molecule has 0 N–H and O–H groups in total. The third-order valence-corrected chi connectivity index (χ3v) is 13.4. The lowest BCUT2D eigenvalue weighted by Crippen LogP contribution is -2.54. The number of halogens is 1. The highest BCUT2D eigenvalue weighted by Crippen LogP contribution is 2.66. The summed E-state index contributed by atoms with van der Waals surface area (Å²) in [5.41, 5.74) is 3.83. The molecule has 0 saturated heterocycles. The van der Waals surface area contributed by atoms with Crippen LogP contribution in [0.4, 0.5) is 4.39 Å². The third kappa shape index (κ3) is 6.09. The number of unbranched alkanes of at least 4 members (excludes halogenated alkanes) is 2. The summed E-state index contributed by atoms with van der Waals surface area (Å²) in [6.45, 7) is 5.84. The minimum atomic E-state index is -0.485. The lowest BCUT2D eigenvalue weighted by atomic mass is 9.45. The number of carbonyl (C=O) groups excluding carboxylic acids is 3. The molecule has 4 aliphatic carbocycles. The van der Waals surface area contributed by atoms with Crippen LogP contribution in [0.1, 0.15) is 129 Å². The summed E-state index contributed by atoms with van der Waals surface area (Å²) in [7, 11) is 0. The molecule has 4 fully saturated rings. The second-order valence-corrected chi connectivity index (χ2v) is 15.8. The summed E-state index contributed by atoms with van der Waals surface area (Å²) in [6.07, 6.45) is 13.7. The summed E-state index contributed by atoms with van der Waals surface area (Å²) >= 11 is 0. The van der Waals surface area contributed by atoms with Crippen molar-refractivity contribution in [2.45, 2.75) is 110 Å². The fourth-order valence-corrected chi connectivity index (χ4v) is 10.8. The standard InChI is InChI=1S/C41H50FNO4/c1-40-19-17-28(44)24-27(40)12-13-31-33-14-16-39(41(33,2)20-18-34(31)40)47-21-7-3-4-10-37(45)32-22-26(11-15-35(32)42)23-36-29-8-5-6-9-30(29)38(46)25-43-36/h5-6,8-9,11,15,22,27,31,33-34,39H,3-4,7,10,12-14,16-21,23-25H2,1-2H3/t27-,31-,33-,34-,39-,40-,41-/m0/s1. The van der Waals surface area contributed by atoms with Crippen molar-refractivity contribution < 1.29 is 23.5 Å². The molecule has 2 aromatic rings. The van der Waals surface area contributed by atoms with Crippen molar-refractivity contribution in [3.05, 3.63) is 70.5 Å². The van der Waals surface area contributed by atoms with Crippen LogP contribution in [0.3, 0.4) is 0 Å². The molecule has 1 aliphatic heterocycles. The van der Waals surface area contributed by atoms with Crippen LogP contribution in [0.25, 0.3) is 0 Å². The summed E-state index contributed by atoms with van der Waals surface area (Å²) in [6, 6.07) is 12.2. The fraction of sp³-hybridized carbons (Fsp3) is 0.610. The first-order chi connectivity index (χ1) is 22.7. The second kappa shape index (κ2) is 13.1. The van der Waals surface area contributed by atoms with Crippen LogP contribution in [0.15, 0.2) is 47.5 Å². The Morgan fingerprint density at radius 2 is 1.72 bits per heavy atom.